The lowest BCUT2D eigenvalue weighted by Gasteiger charge is -1.97. The molecule has 0 aliphatic heterocycles. The Morgan fingerprint density at radius 3 is 2.93 bits per heavy atom. The van der Waals surface area contributed by atoms with E-state index in [-0.39, 0.29) is 5.78 Å². The SMILES string of the molecule is NCCC(=O)Cc1c[nH]c2ccccc12. The van der Waals surface area contributed by atoms with Gasteiger partial charge in [-0.25, -0.2) is 0 Å². The second kappa shape index (κ2) is 4.28. The fourth-order valence-electron chi connectivity index (χ4n) is 1.74. The van der Waals surface area contributed by atoms with Gasteiger partial charge in [0.1, 0.15) is 5.78 Å². The summed E-state index contributed by atoms with van der Waals surface area (Å²) in [6.45, 7) is 0.432. The van der Waals surface area contributed by atoms with Crippen molar-refractivity contribution in [3.05, 3.63) is 36.0 Å². The first-order chi connectivity index (χ1) is 7.31. The van der Waals surface area contributed by atoms with Crippen molar-refractivity contribution in [2.24, 2.45) is 5.73 Å². The fraction of sp³-hybridized carbons (Fsp3) is 0.250. The van der Waals surface area contributed by atoms with Gasteiger partial charge in [0, 0.05) is 29.9 Å². The van der Waals surface area contributed by atoms with Crippen LogP contribution in [0.5, 0.6) is 0 Å². The van der Waals surface area contributed by atoms with Gasteiger partial charge in [-0.1, -0.05) is 18.2 Å². The topological polar surface area (TPSA) is 58.9 Å². The summed E-state index contributed by atoms with van der Waals surface area (Å²) < 4.78 is 0. The molecule has 3 N–H and O–H groups in total. The number of nitrogens with one attached hydrogen (secondary N) is 1. The van der Waals surface area contributed by atoms with E-state index in [1.54, 1.807) is 0 Å². The number of hydrogen-bond donors (Lipinski definition) is 2. The second-order valence-corrected chi connectivity index (χ2v) is 3.61. The number of benzene rings is 1. The lowest BCUT2D eigenvalue weighted by atomic mass is 10.1. The highest BCUT2D eigenvalue weighted by Crippen LogP contribution is 2.18. The number of rotatable bonds is 4. The second-order valence-electron chi connectivity index (χ2n) is 3.61. The number of fused-ring (bicyclic) bond motifs is 1. The predicted molar refractivity (Wildman–Crippen MR) is 60.7 cm³/mol. The van der Waals surface area contributed by atoms with Gasteiger partial charge in [0.15, 0.2) is 0 Å². The van der Waals surface area contributed by atoms with Gasteiger partial charge >= 0.3 is 0 Å². The summed E-state index contributed by atoms with van der Waals surface area (Å²) in [5.41, 5.74) is 7.48. The molecule has 3 heteroatoms. The molecule has 2 rings (SSSR count). The molecule has 0 amide bonds. The van der Waals surface area contributed by atoms with E-state index in [2.05, 4.69) is 4.98 Å². The van der Waals surface area contributed by atoms with E-state index in [1.807, 2.05) is 30.5 Å². The molecule has 0 unspecified atom stereocenters. The molecule has 2 aromatic rings. The third-order valence-electron chi connectivity index (χ3n) is 2.49. The molecule has 0 radical (unpaired) electrons. The van der Waals surface area contributed by atoms with Crippen LogP contribution >= 0.6 is 0 Å². The molecule has 0 spiro atoms. The molecule has 0 aliphatic carbocycles. The summed E-state index contributed by atoms with van der Waals surface area (Å²) in [4.78, 5) is 14.6. The molecule has 0 atom stereocenters. The summed E-state index contributed by atoms with van der Waals surface area (Å²) in [5, 5.41) is 1.13. The number of aromatic nitrogens is 1. The quantitative estimate of drug-likeness (QED) is 0.791. The number of hydrogen-bond acceptors (Lipinski definition) is 2. The lowest BCUT2D eigenvalue weighted by molar-refractivity contribution is -0.118. The van der Waals surface area contributed by atoms with Gasteiger partial charge < -0.3 is 10.7 Å². The Balaban J connectivity index is 2.25. The Bertz CT molecular complexity index is 473. The Hall–Kier alpha value is -1.61. The van der Waals surface area contributed by atoms with E-state index in [1.165, 1.54) is 0 Å². The number of carbonyl (C=O) groups excluding carboxylic acids is 1. The van der Waals surface area contributed by atoms with Crippen molar-refractivity contribution in [3.8, 4) is 0 Å². The van der Waals surface area contributed by atoms with E-state index in [9.17, 15) is 4.79 Å². The number of nitrogens with two attached hydrogens (primary N) is 1. The number of carbonyl (C=O) groups is 1. The molecule has 1 aromatic heterocycles. The maximum Gasteiger partial charge on any atom is 0.138 e. The number of ketones is 1. The average Bonchev–Trinajstić information content (AvgIpc) is 2.62. The Morgan fingerprint density at radius 1 is 1.33 bits per heavy atom. The van der Waals surface area contributed by atoms with Gasteiger partial charge in [-0.2, -0.15) is 0 Å². The monoisotopic (exact) mass is 202 g/mol. The minimum absolute atomic E-state index is 0.197. The van der Waals surface area contributed by atoms with Crippen LogP contribution in [-0.2, 0) is 11.2 Å². The highest BCUT2D eigenvalue weighted by atomic mass is 16.1. The normalized spacial score (nSPS) is 10.7. The Morgan fingerprint density at radius 2 is 2.13 bits per heavy atom. The van der Waals surface area contributed by atoms with Gasteiger partial charge in [-0.05, 0) is 18.2 Å². The van der Waals surface area contributed by atoms with Crippen LogP contribution in [0.15, 0.2) is 30.5 Å². The van der Waals surface area contributed by atoms with Crippen molar-refractivity contribution in [2.75, 3.05) is 6.54 Å². The molecule has 0 fully saturated rings. The Labute approximate surface area is 88.3 Å². The standard InChI is InChI=1S/C12H14N2O/c13-6-5-10(15)7-9-8-14-12-4-2-1-3-11(9)12/h1-4,8,14H,5-7,13H2. The minimum Gasteiger partial charge on any atom is -0.361 e. The number of para-hydroxylation sites is 1. The largest absolute Gasteiger partial charge is 0.361 e. The van der Waals surface area contributed by atoms with E-state index in [4.69, 9.17) is 5.73 Å². The highest BCUT2D eigenvalue weighted by molar-refractivity contribution is 5.89. The van der Waals surface area contributed by atoms with E-state index in [0.29, 0.717) is 19.4 Å². The van der Waals surface area contributed by atoms with Crippen molar-refractivity contribution in [3.63, 3.8) is 0 Å². The summed E-state index contributed by atoms with van der Waals surface area (Å²) in [5.74, 6) is 0.197. The van der Waals surface area contributed by atoms with Gasteiger partial charge in [0.05, 0.1) is 0 Å². The molecular weight excluding hydrogens is 188 g/mol. The summed E-state index contributed by atoms with van der Waals surface area (Å²) >= 11 is 0. The van der Waals surface area contributed by atoms with Crippen LogP contribution in [0, 0.1) is 0 Å². The van der Waals surface area contributed by atoms with Gasteiger partial charge in [0.25, 0.3) is 0 Å². The van der Waals surface area contributed by atoms with Crippen LogP contribution in [0.4, 0.5) is 0 Å². The maximum atomic E-state index is 11.5. The molecule has 1 aromatic carbocycles. The molecule has 0 saturated heterocycles. The van der Waals surface area contributed by atoms with E-state index >= 15 is 0 Å². The zero-order valence-electron chi connectivity index (χ0n) is 8.49. The zero-order chi connectivity index (χ0) is 10.7. The van der Waals surface area contributed by atoms with Gasteiger partial charge in [0.2, 0.25) is 0 Å². The highest BCUT2D eigenvalue weighted by Gasteiger charge is 2.07. The van der Waals surface area contributed by atoms with Crippen molar-refractivity contribution < 1.29 is 4.79 Å². The van der Waals surface area contributed by atoms with Crippen LogP contribution in [0.2, 0.25) is 0 Å². The molecule has 1 heterocycles. The van der Waals surface area contributed by atoms with Crippen molar-refractivity contribution in [1.29, 1.82) is 0 Å². The smallest absolute Gasteiger partial charge is 0.138 e. The first-order valence-corrected chi connectivity index (χ1v) is 5.08. The summed E-state index contributed by atoms with van der Waals surface area (Å²) in [7, 11) is 0. The van der Waals surface area contributed by atoms with Gasteiger partial charge in [-0.3, -0.25) is 4.79 Å². The average molecular weight is 202 g/mol. The zero-order valence-corrected chi connectivity index (χ0v) is 8.49. The van der Waals surface area contributed by atoms with Crippen LogP contribution in [0.3, 0.4) is 0 Å². The van der Waals surface area contributed by atoms with E-state index in [0.717, 1.165) is 16.5 Å². The maximum absolute atomic E-state index is 11.5. The summed E-state index contributed by atoms with van der Waals surface area (Å²) in [6.07, 6.45) is 2.83. The van der Waals surface area contributed by atoms with Crippen molar-refractivity contribution >= 4 is 16.7 Å². The number of aromatic amines is 1. The molecule has 0 bridgehead atoms. The van der Waals surface area contributed by atoms with Crippen LogP contribution in [0.1, 0.15) is 12.0 Å². The van der Waals surface area contributed by atoms with Crippen LogP contribution < -0.4 is 5.73 Å². The van der Waals surface area contributed by atoms with Crippen molar-refractivity contribution in [1.82, 2.24) is 4.98 Å². The van der Waals surface area contributed by atoms with Crippen LogP contribution in [0.25, 0.3) is 10.9 Å². The molecule has 0 aliphatic rings. The number of Topliss-reactive ketones (excluding diaryl/α,β-unsaturated/α-hetero) is 1. The molecule has 78 valence electrons. The lowest BCUT2D eigenvalue weighted by Crippen LogP contribution is -2.09. The molecule has 3 nitrogen and oxygen atoms in total. The molecule has 0 saturated carbocycles. The van der Waals surface area contributed by atoms with E-state index < -0.39 is 0 Å². The van der Waals surface area contributed by atoms with Crippen molar-refractivity contribution in [2.45, 2.75) is 12.8 Å². The molecular formula is C12H14N2O. The fourth-order valence-corrected chi connectivity index (χ4v) is 1.74. The Kier molecular flexibility index (Phi) is 2.83. The first kappa shape index (κ1) is 9.93. The predicted octanol–water partition coefficient (Wildman–Crippen LogP) is 1.63. The number of H-pyrrole nitrogens is 1. The third-order valence-corrected chi connectivity index (χ3v) is 2.49. The molecule has 15 heavy (non-hydrogen) atoms. The minimum atomic E-state index is 0.197. The first-order valence-electron chi connectivity index (χ1n) is 5.08. The van der Waals surface area contributed by atoms with Crippen LogP contribution in [-0.4, -0.2) is 17.3 Å². The summed E-state index contributed by atoms with van der Waals surface area (Å²) in [6, 6.07) is 7.99. The van der Waals surface area contributed by atoms with Gasteiger partial charge in [-0.15, -0.1) is 0 Å². The third kappa shape index (κ3) is 2.07.